The van der Waals surface area contributed by atoms with Crippen LogP contribution in [0.1, 0.15) is 18.1 Å². The minimum atomic E-state index is 0.437. The van der Waals surface area contributed by atoms with Crippen molar-refractivity contribution in [3.8, 4) is 5.75 Å². The molecule has 1 heterocycles. The van der Waals surface area contributed by atoms with Gasteiger partial charge in [-0.15, -0.1) is 0 Å². The summed E-state index contributed by atoms with van der Waals surface area (Å²) >= 11 is 0. The Balaban J connectivity index is 2.35. The Hall–Kier alpha value is -1.02. The van der Waals surface area contributed by atoms with E-state index in [2.05, 4.69) is 37.4 Å². The predicted molar refractivity (Wildman–Crippen MR) is 53.0 cm³/mol. The number of fused-ring (bicyclic) bond motifs is 1. The molecule has 0 aromatic heterocycles. The standard InChI is InChI=1S/C11H15NO/c1-8-4-3-5-10-6-12-9(2)7-13-11(8)10/h3-5,9,12H,6-7H2,1-2H3. The maximum atomic E-state index is 5.73. The zero-order valence-electron chi connectivity index (χ0n) is 8.13. The molecule has 70 valence electrons. The molecular weight excluding hydrogens is 162 g/mol. The Labute approximate surface area is 78.9 Å². The van der Waals surface area contributed by atoms with Crippen molar-refractivity contribution in [3.05, 3.63) is 29.3 Å². The van der Waals surface area contributed by atoms with Crippen LogP contribution in [0.5, 0.6) is 5.75 Å². The highest BCUT2D eigenvalue weighted by atomic mass is 16.5. The summed E-state index contributed by atoms with van der Waals surface area (Å²) in [7, 11) is 0. The second kappa shape index (κ2) is 3.38. The van der Waals surface area contributed by atoms with Gasteiger partial charge in [0.1, 0.15) is 12.4 Å². The predicted octanol–water partition coefficient (Wildman–Crippen LogP) is 1.87. The molecule has 0 saturated heterocycles. The van der Waals surface area contributed by atoms with Crippen molar-refractivity contribution in [2.24, 2.45) is 0 Å². The molecule has 1 N–H and O–H groups in total. The molecule has 0 aliphatic carbocycles. The summed E-state index contributed by atoms with van der Waals surface area (Å²) in [6.45, 7) is 5.91. The van der Waals surface area contributed by atoms with Gasteiger partial charge in [-0.2, -0.15) is 0 Å². The zero-order chi connectivity index (χ0) is 9.26. The zero-order valence-corrected chi connectivity index (χ0v) is 8.13. The first-order valence-electron chi connectivity index (χ1n) is 4.72. The topological polar surface area (TPSA) is 21.3 Å². The van der Waals surface area contributed by atoms with E-state index in [0.29, 0.717) is 6.04 Å². The number of hydrogen-bond acceptors (Lipinski definition) is 2. The molecule has 0 radical (unpaired) electrons. The summed E-state index contributed by atoms with van der Waals surface area (Å²) in [5, 5.41) is 3.40. The lowest BCUT2D eigenvalue weighted by Gasteiger charge is -2.09. The SMILES string of the molecule is Cc1cccc2c1OCC(C)NC2. The molecule has 0 saturated carbocycles. The van der Waals surface area contributed by atoms with Crippen LogP contribution in [0.2, 0.25) is 0 Å². The van der Waals surface area contributed by atoms with Crippen molar-refractivity contribution in [1.82, 2.24) is 5.32 Å². The van der Waals surface area contributed by atoms with Gasteiger partial charge in [0.25, 0.3) is 0 Å². The van der Waals surface area contributed by atoms with E-state index in [1.165, 1.54) is 11.1 Å². The first-order valence-corrected chi connectivity index (χ1v) is 4.72. The van der Waals surface area contributed by atoms with Crippen LogP contribution in [0.3, 0.4) is 0 Å². The number of nitrogens with one attached hydrogen (secondary N) is 1. The lowest BCUT2D eigenvalue weighted by Crippen LogP contribution is -2.28. The molecule has 2 rings (SSSR count). The molecule has 13 heavy (non-hydrogen) atoms. The second-order valence-corrected chi connectivity index (χ2v) is 3.66. The Morgan fingerprint density at radius 3 is 3.15 bits per heavy atom. The summed E-state index contributed by atoms with van der Waals surface area (Å²) in [4.78, 5) is 0. The maximum Gasteiger partial charge on any atom is 0.126 e. The van der Waals surface area contributed by atoms with E-state index in [9.17, 15) is 0 Å². The van der Waals surface area contributed by atoms with Gasteiger partial charge in [-0.3, -0.25) is 0 Å². The van der Waals surface area contributed by atoms with Gasteiger partial charge in [0.2, 0.25) is 0 Å². The average molecular weight is 177 g/mol. The fourth-order valence-corrected chi connectivity index (χ4v) is 1.61. The third-order valence-electron chi connectivity index (χ3n) is 2.41. The van der Waals surface area contributed by atoms with Gasteiger partial charge < -0.3 is 10.1 Å². The summed E-state index contributed by atoms with van der Waals surface area (Å²) in [6, 6.07) is 6.73. The van der Waals surface area contributed by atoms with Gasteiger partial charge in [-0.1, -0.05) is 18.2 Å². The summed E-state index contributed by atoms with van der Waals surface area (Å²) < 4.78 is 5.73. The van der Waals surface area contributed by atoms with Crippen LogP contribution in [0.25, 0.3) is 0 Å². The third-order valence-corrected chi connectivity index (χ3v) is 2.41. The Kier molecular flexibility index (Phi) is 2.23. The largest absolute Gasteiger partial charge is 0.491 e. The first-order chi connectivity index (χ1) is 6.27. The molecule has 2 heteroatoms. The van der Waals surface area contributed by atoms with E-state index in [4.69, 9.17) is 4.74 Å². The highest BCUT2D eigenvalue weighted by molar-refractivity contribution is 5.41. The van der Waals surface area contributed by atoms with Gasteiger partial charge in [0.05, 0.1) is 0 Å². The van der Waals surface area contributed by atoms with Crippen molar-refractivity contribution in [1.29, 1.82) is 0 Å². The third kappa shape index (κ3) is 1.68. The molecule has 1 aromatic rings. The van der Waals surface area contributed by atoms with Crippen LogP contribution in [0.15, 0.2) is 18.2 Å². The summed E-state index contributed by atoms with van der Waals surface area (Å²) in [5.74, 6) is 1.07. The van der Waals surface area contributed by atoms with Crippen LogP contribution in [-0.2, 0) is 6.54 Å². The van der Waals surface area contributed by atoms with E-state index in [-0.39, 0.29) is 0 Å². The van der Waals surface area contributed by atoms with Crippen LogP contribution < -0.4 is 10.1 Å². The Morgan fingerprint density at radius 1 is 1.46 bits per heavy atom. The van der Waals surface area contributed by atoms with Crippen LogP contribution >= 0.6 is 0 Å². The number of aryl methyl sites for hydroxylation is 1. The summed E-state index contributed by atoms with van der Waals surface area (Å²) in [5.41, 5.74) is 2.50. The van der Waals surface area contributed by atoms with Crippen molar-refractivity contribution < 1.29 is 4.74 Å². The van der Waals surface area contributed by atoms with Crippen molar-refractivity contribution >= 4 is 0 Å². The number of benzene rings is 1. The minimum Gasteiger partial charge on any atom is -0.491 e. The molecule has 1 unspecified atom stereocenters. The van der Waals surface area contributed by atoms with Crippen LogP contribution in [-0.4, -0.2) is 12.6 Å². The van der Waals surface area contributed by atoms with Gasteiger partial charge in [-0.25, -0.2) is 0 Å². The van der Waals surface area contributed by atoms with Crippen molar-refractivity contribution in [2.75, 3.05) is 6.61 Å². The molecule has 1 aliphatic heterocycles. The second-order valence-electron chi connectivity index (χ2n) is 3.66. The Bertz CT molecular complexity index is 309. The average Bonchev–Trinajstić information content (AvgIpc) is 2.30. The smallest absolute Gasteiger partial charge is 0.126 e. The van der Waals surface area contributed by atoms with Gasteiger partial charge >= 0.3 is 0 Å². The number of para-hydroxylation sites is 1. The van der Waals surface area contributed by atoms with Crippen LogP contribution in [0, 0.1) is 6.92 Å². The minimum absolute atomic E-state index is 0.437. The summed E-state index contributed by atoms with van der Waals surface area (Å²) in [6.07, 6.45) is 0. The molecule has 1 aliphatic rings. The lowest BCUT2D eigenvalue weighted by atomic mass is 10.1. The number of ether oxygens (including phenoxy) is 1. The van der Waals surface area contributed by atoms with E-state index in [1.54, 1.807) is 0 Å². The number of rotatable bonds is 0. The first kappa shape index (κ1) is 8.57. The Morgan fingerprint density at radius 2 is 2.31 bits per heavy atom. The molecule has 1 aromatic carbocycles. The highest BCUT2D eigenvalue weighted by Crippen LogP contribution is 2.25. The van der Waals surface area contributed by atoms with E-state index >= 15 is 0 Å². The molecule has 1 atom stereocenters. The van der Waals surface area contributed by atoms with Gasteiger partial charge in [0.15, 0.2) is 0 Å². The molecule has 2 nitrogen and oxygen atoms in total. The molecule has 0 fully saturated rings. The molecule has 0 amide bonds. The van der Waals surface area contributed by atoms with Crippen molar-refractivity contribution in [3.63, 3.8) is 0 Å². The maximum absolute atomic E-state index is 5.73. The van der Waals surface area contributed by atoms with E-state index in [1.807, 2.05) is 0 Å². The molecule has 0 spiro atoms. The van der Waals surface area contributed by atoms with Crippen LogP contribution in [0.4, 0.5) is 0 Å². The fourth-order valence-electron chi connectivity index (χ4n) is 1.61. The number of hydrogen-bond donors (Lipinski definition) is 1. The highest BCUT2D eigenvalue weighted by Gasteiger charge is 2.13. The fraction of sp³-hybridized carbons (Fsp3) is 0.455. The molecule has 0 bridgehead atoms. The monoisotopic (exact) mass is 177 g/mol. The quantitative estimate of drug-likeness (QED) is 0.653. The van der Waals surface area contributed by atoms with E-state index in [0.717, 1.165) is 18.9 Å². The van der Waals surface area contributed by atoms with Gasteiger partial charge in [0, 0.05) is 18.2 Å². The lowest BCUT2D eigenvalue weighted by molar-refractivity contribution is 0.286. The van der Waals surface area contributed by atoms with Gasteiger partial charge in [-0.05, 0) is 19.4 Å². The van der Waals surface area contributed by atoms with E-state index < -0.39 is 0 Å². The molecular formula is C11H15NO. The van der Waals surface area contributed by atoms with Crippen molar-refractivity contribution in [2.45, 2.75) is 26.4 Å². The normalized spacial score (nSPS) is 21.5.